The van der Waals surface area contributed by atoms with Crippen LogP contribution in [0.3, 0.4) is 0 Å². The minimum absolute atomic E-state index is 0.139. The van der Waals surface area contributed by atoms with Crippen LogP contribution in [0.2, 0.25) is 5.02 Å². The van der Waals surface area contributed by atoms with Crippen molar-refractivity contribution in [1.82, 2.24) is 14.9 Å². The van der Waals surface area contributed by atoms with E-state index in [0.717, 1.165) is 52.5 Å². The number of hydrogen-bond donors (Lipinski definition) is 1. The highest BCUT2D eigenvalue weighted by Crippen LogP contribution is 2.44. The Kier molecular flexibility index (Phi) is 6.89. The van der Waals surface area contributed by atoms with Crippen LogP contribution in [0.5, 0.6) is 0 Å². The van der Waals surface area contributed by atoms with Gasteiger partial charge in [0.1, 0.15) is 6.04 Å². The quantitative estimate of drug-likeness (QED) is 0.214. The van der Waals surface area contributed by atoms with Gasteiger partial charge in [-0.25, -0.2) is 0 Å². The molecule has 7 heteroatoms. The van der Waals surface area contributed by atoms with Crippen LogP contribution in [0.15, 0.2) is 103 Å². The zero-order chi connectivity index (χ0) is 27.9. The van der Waals surface area contributed by atoms with Crippen LogP contribution in [-0.4, -0.2) is 27.8 Å². The van der Waals surface area contributed by atoms with Crippen molar-refractivity contribution in [2.75, 3.05) is 22.9 Å². The molecule has 7 rings (SSSR count). The van der Waals surface area contributed by atoms with Crippen molar-refractivity contribution in [2.24, 2.45) is 5.92 Å². The summed E-state index contributed by atoms with van der Waals surface area (Å²) in [5.74, 6) is 0.764. The van der Waals surface area contributed by atoms with Crippen LogP contribution in [0.1, 0.15) is 43.2 Å². The van der Waals surface area contributed by atoms with Crippen LogP contribution in [0.4, 0.5) is 11.4 Å². The largest absolute Gasteiger partial charge is 0.370 e. The molecule has 2 aliphatic rings. The average molecular weight is 578 g/mol. The van der Waals surface area contributed by atoms with E-state index in [4.69, 9.17) is 28.8 Å². The molecule has 2 unspecified atom stereocenters. The maximum absolute atomic E-state index is 6.98. The lowest BCUT2D eigenvalue weighted by atomic mass is 9.98. The van der Waals surface area contributed by atoms with Gasteiger partial charge in [0.2, 0.25) is 0 Å². The Hall–Kier alpha value is -3.87. The van der Waals surface area contributed by atoms with E-state index in [0.29, 0.717) is 5.11 Å². The Bertz CT molecular complexity index is 1710. The molecule has 0 radical (unpaired) electrons. The number of aromatic nitrogens is 2. The first kappa shape index (κ1) is 26.1. The molecule has 0 saturated carbocycles. The second-order valence-corrected chi connectivity index (χ2v) is 11.9. The normalized spacial score (nSPS) is 19.6. The van der Waals surface area contributed by atoms with Gasteiger partial charge in [0.05, 0.1) is 22.4 Å². The molecule has 5 aromatic rings. The van der Waals surface area contributed by atoms with Crippen molar-refractivity contribution < 1.29 is 0 Å². The Balaban J connectivity index is 1.31. The van der Waals surface area contributed by atoms with Gasteiger partial charge >= 0.3 is 0 Å². The summed E-state index contributed by atoms with van der Waals surface area (Å²) in [5.41, 5.74) is 5.23. The standard InChI is InChI=1S/C34H32ClN5S/c1-23-15-19-38(20-16-23)30-14-13-27(22-28(30)35)40-33(32(37-34(40)41)29-9-4-5-17-36-29)31-10-6-18-39(31)26-12-11-24-7-2-3-8-25(24)21-26/h2-14,17-18,21-23,32-33H,15-16,19-20H2,1H3,(H,37,41). The molecule has 2 saturated heterocycles. The Morgan fingerprint density at radius 1 is 0.854 bits per heavy atom. The molecular formula is C34H32ClN5S. The smallest absolute Gasteiger partial charge is 0.174 e. The highest BCUT2D eigenvalue weighted by Gasteiger charge is 2.42. The molecule has 3 aromatic carbocycles. The second kappa shape index (κ2) is 10.8. The van der Waals surface area contributed by atoms with Crippen molar-refractivity contribution in [3.8, 4) is 5.69 Å². The Morgan fingerprint density at radius 2 is 1.63 bits per heavy atom. The predicted molar refractivity (Wildman–Crippen MR) is 173 cm³/mol. The van der Waals surface area contributed by atoms with Gasteiger partial charge in [-0.1, -0.05) is 54.9 Å². The van der Waals surface area contributed by atoms with Gasteiger partial charge < -0.3 is 19.7 Å². The molecule has 2 fully saturated rings. The van der Waals surface area contributed by atoms with Crippen molar-refractivity contribution in [2.45, 2.75) is 31.8 Å². The summed E-state index contributed by atoms with van der Waals surface area (Å²) in [7, 11) is 0. The number of nitrogens with zero attached hydrogens (tertiary/aromatic N) is 4. The van der Waals surface area contributed by atoms with E-state index in [1.165, 1.54) is 23.6 Å². The van der Waals surface area contributed by atoms with E-state index in [2.05, 4.69) is 112 Å². The number of rotatable bonds is 5. The van der Waals surface area contributed by atoms with Crippen LogP contribution < -0.4 is 15.1 Å². The molecule has 1 N–H and O–H groups in total. The summed E-state index contributed by atoms with van der Waals surface area (Å²) in [4.78, 5) is 9.35. The first-order valence-corrected chi connectivity index (χ1v) is 15.1. The van der Waals surface area contributed by atoms with Gasteiger partial charge in [0.15, 0.2) is 5.11 Å². The highest BCUT2D eigenvalue weighted by atomic mass is 35.5. The molecule has 41 heavy (non-hydrogen) atoms. The SMILES string of the molecule is CC1CCN(c2ccc(N3C(=S)NC(c4ccccn4)C3c3cccn3-c3ccc4ccccc4c3)cc2Cl)CC1. The summed E-state index contributed by atoms with van der Waals surface area (Å²) >= 11 is 13.0. The summed E-state index contributed by atoms with van der Waals surface area (Å²) < 4.78 is 2.26. The van der Waals surface area contributed by atoms with E-state index in [1.54, 1.807) is 0 Å². The number of halogens is 1. The van der Waals surface area contributed by atoms with Crippen molar-refractivity contribution in [1.29, 1.82) is 0 Å². The van der Waals surface area contributed by atoms with E-state index >= 15 is 0 Å². The number of pyridine rings is 1. The molecule has 0 spiro atoms. The molecule has 0 bridgehead atoms. The number of nitrogens with one attached hydrogen (secondary N) is 1. The summed E-state index contributed by atoms with van der Waals surface area (Å²) in [6, 6.07) is 31.5. The number of benzene rings is 3. The maximum atomic E-state index is 6.98. The molecule has 2 aliphatic heterocycles. The zero-order valence-electron chi connectivity index (χ0n) is 23.0. The fourth-order valence-corrected chi connectivity index (χ4v) is 6.92. The van der Waals surface area contributed by atoms with Crippen molar-refractivity contribution in [3.05, 3.63) is 120 Å². The minimum Gasteiger partial charge on any atom is -0.370 e. The van der Waals surface area contributed by atoms with Gasteiger partial charge in [-0.3, -0.25) is 4.98 Å². The molecule has 0 aliphatic carbocycles. The molecule has 0 amide bonds. The highest BCUT2D eigenvalue weighted by molar-refractivity contribution is 7.80. The molecule has 206 valence electrons. The number of thiocarbonyl (C=S) groups is 1. The first-order valence-electron chi connectivity index (χ1n) is 14.3. The second-order valence-electron chi connectivity index (χ2n) is 11.1. The van der Waals surface area contributed by atoms with E-state index in [-0.39, 0.29) is 12.1 Å². The minimum atomic E-state index is -0.142. The zero-order valence-corrected chi connectivity index (χ0v) is 24.5. The fourth-order valence-electron chi connectivity index (χ4n) is 6.28. The Labute approximate surface area is 251 Å². The lowest BCUT2D eigenvalue weighted by Gasteiger charge is -2.33. The van der Waals surface area contributed by atoms with Gasteiger partial charge in [-0.05, 0) is 96.3 Å². The number of fused-ring (bicyclic) bond motifs is 1. The monoisotopic (exact) mass is 577 g/mol. The summed E-state index contributed by atoms with van der Waals surface area (Å²) in [5, 5.41) is 7.44. The van der Waals surface area contributed by atoms with Gasteiger partial charge in [0.25, 0.3) is 0 Å². The lowest BCUT2D eigenvalue weighted by molar-refractivity contribution is 0.438. The first-order chi connectivity index (χ1) is 20.1. The van der Waals surface area contributed by atoms with Crippen LogP contribution in [0, 0.1) is 5.92 Å². The van der Waals surface area contributed by atoms with Crippen molar-refractivity contribution in [3.63, 3.8) is 0 Å². The number of hydrogen-bond acceptors (Lipinski definition) is 3. The third-order valence-electron chi connectivity index (χ3n) is 8.53. The van der Waals surface area contributed by atoms with Crippen LogP contribution >= 0.6 is 23.8 Å². The maximum Gasteiger partial charge on any atom is 0.174 e. The lowest BCUT2D eigenvalue weighted by Crippen LogP contribution is -2.33. The molecular weight excluding hydrogens is 546 g/mol. The average Bonchev–Trinajstić information content (AvgIpc) is 3.62. The Morgan fingerprint density at radius 3 is 2.41 bits per heavy atom. The predicted octanol–water partition coefficient (Wildman–Crippen LogP) is 8.09. The fraction of sp³-hybridized carbons (Fsp3) is 0.235. The van der Waals surface area contributed by atoms with E-state index in [9.17, 15) is 0 Å². The third-order valence-corrected chi connectivity index (χ3v) is 9.14. The van der Waals surface area contributed by atoms with E-state index in [1.807, 2.05) is 18.3 Å². The van der Waals surface area contributed by atoms with Crippen molar-refractivity contribution >= 4 is 51.1 Å². The summed E-state index contributed by atoms with van der Waals surface area (Å²) in [6.07, 6.45) is 6.35. The molecule has 4 heterocycles. The number of anilines is 2. The topological polar surface area (TPSA) is 36.3 Å². The molecule has 5 nitrogen and oxygen atoms in total. The van der Waals surface area contributed by atoms with Crippen LogP contribution in [-0.2, 0) is 0 Å². The summed E-state index contributed by atoms with van der Waals surface area (Å²) in [6.45, 7) is 4.40. The van der Waals surface area contributed by atoms with Gasteiger partial charge in [-0.2, -0.15) is 0 Å². The van der Waals surface area contributed by atoms with Gasteiger partial charge in [-0.15, -0.1) is 0 Å². The van der Waals surface area contributed by atoms with Crippen LogP contribution in [0.25, 0.3) is 16.5 Å². The molecule has 2 atom stereocenters. The third kappa shape index (κ3) is 4.85. The van der Waals surface area contributed by atoms with Gasteiger partial charge in [0, 0.05) is 42.6 Å². The molecule has 2 aromatic heterocycles. The number of piperidine rings is 1. The van der Waals surface area contributed by atoms with E-state index < -0.39 is 0 Å².